The largest absolute Gasteiger partial charge is 0.369 e. The van der Waals surface area contributed by atoms with Crippen molar-refractivity contribution in [3.63, 3.8) is 0 Å². The number of piperidine rings is 2. The first-order valence-electron chi connectivity index (χ1n) is 9.53. The molecule has 1 atom stereocenters. The van der Waals surface area contributed by atoms with Gasteiger partial charge in [-0.25, -0.2) is 0 Å². The van der Waals surface area contributed by atoms with Gasteiger partial charge in [-0.3, -0.25) is 19.3 Å². The lowest BCUT2D eigenvalue weighted by Gasteiger charge is -2.37. The Hall–Kier alpha value is -1.92. The number of ketones is 1. The van der Waals surface area contributed by atoms with Crippen LogP contribution in [0.1, 0.15) is 36.0 Å². The predicted molar refractivity (Wildman–Crippen MR) is 103 cm³/mol. The van der Waals surface area contributed by atoms with Crippen molar-refractivity contribution in [2.24, 2.45) is 17.6 Å². The van der Waals surface area contributed by atoms with E-state index in [1.165, 1.54) is 0 Å². The van der Waals surface area contributed by atoms with Crippen LogP contribution in [0.3, 0.4) is 0 Å². The fourth-order valence-electron chi connectivity index (χ4n) is 4.06. The van der Waals surface area contributed by atoms with E-state index in [-0.39, 0.29) is 36.0 Å². The number of benzene rings is 1. The summed E-state index contributed by atoms with van der Waals surface area (Å²) in [5, 5.41) is 0.606. The van der Waals surface area contributed by atoms with E-state index in [0.29, 0.717) is 36.8 Å². The number of amides is 2. The summed E-state index contributed by atoms with van der Waals surface area (Å²) in [6.07, 6.45) is 3.12. The lowest BCUT2D eigenvalue weighted by Crippen LogP contribution is -2.48. The predicted octanol–water partition coefficient (Wildman–Crippen LogP) is 1.96. The van der Waals surface area contributed by atoms with E-state index in [1.807, 2.05) is 9.80 Å². The van der Waals surface area contributed by atoms with Crippen LogP contribution in [0.2, 0.25) is 5.02 Å². The van der Waals surface area contributed by atoms with Gasteiger partial charge in [0.05, 0.1) is 6.54 Å². The van der Waals surface area contributed by atoms with E-state index in [9.17, 15) is 14.4 Å². The summed E-state index contributed by atoms with van der Waals surface area (Å²) in [6, 6.07) is 6.95. The Morgan fingerprint density at radius 1 is 1.00 bits per heavy atom. The SMILES string of the molecule is NC(=O)CN1CCC(C(=O)N2CCC[C@H](C(=O)c3ccc(Cl)cc3)C2)CC1. The normalized spacial score (nSPS) is 21.8. The first-order chi connectivity index (χ1) is 12.9. The van der Waals surface area contributed by atoms with Gasteiger partial charge in [-0.15, -0.1) is 0 Å². The second-order valence-corrected chi connectivity index (χ2v) is 7.95. The van der Waals surface area contributed by atoms with Gasteiger partial charge in [0.1, 0.15) is 0 Å². The molecule has 0 unspecified atom stereocenters. The highest BCUT2D eigenvalue weighted by molar-refractivity contribution is 6.30. The van der Waals surface area contributed by atoms with E-state index < -0.39 is 0 Å². The molecule has 2 N–H and O–H groups in total. The quantitative estimate of drug-likeness (QED) is 0.777. The average Bonchev–Trinajstić information content (AvgIpc) is 2.68. The number of Topliss-reactive ketones (excluding diaryl/α,β-unsaturated/α-hetero) is 1. The smallest absolute Gasteiger partial charge is 0.231 e. The second-order valence-electron chi connectivity index (χ2n) is 7.51. The van der Waals surface area contributed by atoms with Crippen molar-refractivity contribution in [1.82, 2.24) is 9.80 Å². The molecule has 3 rings (SSSR count). The monoisotopic (exact) mass is 391 g/mol. The van der Waals surface area contributed by atoms with Crippen molar-refractivity contribution in [1.29, 1.82) is 0 Å². The molecule has 2 aliphatic rings. The van der Waals surface area contributed by atoms with E-state index >= 15 is 0 Å². The maximum absolute atomic E-state index is 12.9. The molecule has 0 radical (unpaired) electrons. The van der Waals surface area contributed by atoms with Crippen LogP contribution in [0.25, 0.3) is 0 Å². The Bertz CT molecular complexity index is 699. The summed E-state index contributed by atoms with van der Waals surface area (Å²) in [5.74, 6) is -0.292. The van der Waals surface area contributed by atoms with Crippen LogP contribution in [0.15, 0.2) is 24.3 Å². The van der Waals surface area contributed by atoms with E-state index in [1.54, 1.807) is 24.3 Å². The van der Waals surface area contributed by atoms with Gasteiger partial charge in [-0.05, 0) is 63.0 Å². The molecular formula is C20H26ClN3O3. The highest BCUT2D eigenvalue weighted by Crippen LogP contribution is 2.26. The number of primary amides is 1. The number of likely N-dealkylation sites (tertiary alicyclic amines) is 2. The van der Waals surface area contributed by atoms with Crippen LogP contribution in [0, 0.1) is 11.8 Å². The number of halogens is 1. The minimum Gasteiger partial charge on any atom is -0.369 e. The van der Waals surface area contributed by atoms with E-state index in [4.69, 9.17) is 17.3 Å². The molecule has 0 aromatic heterocycles. The van der Waals surface area contributed by atoms with Crippen molar-refractivity contribution in [3.05, 3.63) is 34.9 Å². The summed E-state index contributed by atoms with van der Waals surface area (Å²) in [4.78, 5) is 40.6. The molecule has 0 saturated carbocycles. The van der Waals surface area contributed by atoms with Gasteiger partial charge in [0, 0.05) is 35.5 Å². The summed E-state index contributed by atoms with van der Waals surface area (Å²) in [5.41, 5.74) is 5.89. The number of carbonyl (C=O) groups excluding carboxylic acids is 3. The van der Waals surface area contributed by atoms with E-state index in [0.717, 1.165) is 25.7 Å². The summed E-state index contributed by atoms with van der Waals surface area (Å²) >= 11 is 5.90. The molecule has 0 aliphatic carbocycles. The van der Waals surface area contributed by atoms with Crippen LogP contribution in [-0.2, 0) is 9.59 Å². The third-order valence-electron chi connectivity index (χ3n) is 5.55. The summed E-state index contributed by atoms with van der Waals surface area (Å²) in [6.45, 7) is 2.87. The minimum atomic E-state index is -0.334. The maximum atomic E-state index is 12.9. The number of hydrogen-bond donors (Lipinski definition) is 1. The molecule has 2 amide bonds. The lowest BCUT2D eigenvalue weighted by molar-refractivity contribution is -0.138. The standard InChI is InChI=1S/C20H26ClN3O3/c21-17-5-3-14(4-6-17)19(26)16-2-1-9-24(12-16)20(27)15-7-10-23(11-8-15)13-18(22)25/h3-6,15-16H,1-2,7-13H2,(H2,22,25)/t16-/m0/s1. The van der Waals surface area contributed by atoms with Crippen LogP contribution < -0.4 is 5.73 Å². The zero-order chi connectivity index (χ0) is 19.4. The van der Waals surface area contributed by atoms with Crippen LogP contribution in [0.5, 0.6) is 0 Å². The molecule has 7 heteroatoms. The van der Waals surface area contributed by atoms with Crippen molar-refractivity contribution in [3.8, 4) is 0 Å². The molecule has 2 aliphatic heterocycles. The molecule has 1 aromatic rings. The summed E-state index contributed by atoms with van der Waals surface area (Å²) < 4.78 is 0. The van der Waals surface area contributed by atoms with Gasteiger partial charge in [-0.2, -0.15) is 0 Å². The molecular weight excluding hydrogens is 366 g/mol. The van der Waals surface area contributed by atoms with Crippen LogP contribution in [0.4, 0.5) is 0 Å². The van der Waals surface area contributed by atoms with Crippen LogP contribution in [-0.4, -0.2) is 60.1 Å². The van der Waals surface area contributed by atoms with Crippen LogP contribution >= 0.6 is 11.6 Å². The number of hydrogen-bond acceptors (Lipinski definition) is 4. The Kier molecular flexibility index (Phi) is 6.50. The average molecular weight is 392 g/mol. The zero-order valence-corrected chi connectivity index (χ0v) is 16.2. The van der Waals surface area contributed by atoms with E-state index in [2.05, 4.69) is 0 Å². The van der Waals surface area contributed by atoms with Gasteiger partial charge in [-0.1, -0.05) is 11.6 Å². The third kappa shape index (κ3) is 5.08. The zero-order valence-electron chi connectivity index (χ0n) is 15.4. The van der Waals surface area contributed by atoms with Gasteiger partial charge < -0.3 is 10.6 Å². The maximum Gasteiger partial charge on any atom is 0.231 e. The number of rotatable bonds is 5. The Labute approximate surface area is 164 Å². The molecule has 146 valence electrons. The minimum absolute atomic E-state index is 0.0292. The highest BCUT2D eigenvalue weighted by Gasteiger charge is 2.33. The molecule has 2 heterocycles. The first-order valence-corrected chi connectivity index (χ1v) is 9.91. The molecule has 2 saturated heterocycles. The Morgan fingerprint density at radius 2 is 1.67 bits per heavy atom. The van der Waals surface area contributed by atoms with Gasteiger partial charge >= 0.3 is 0 Å². The molecule has 2 fully saturated rings. The van der Waals surface area contributed by atoms with Gasteiger partial charge in [0.25, 0.3) is 0 Å². The fraction of sp³-hybridized carbons (Fsp3) is 0.550. The van der Waals surface area contributed by atoms with Crippen molar-refractivity contribution in [2.45, 2.75) is 25.7 Å². The molecule has 0 spiro atoms. The molecule has 6 nitrogen and oxygen atoms in total. The number of nitrogens with two attached hydrogens (primary N) is 1. The third-order valence-corrected chi connectivity index (χ3v) is 5.80. The van der Waals surface area contributed by atoms with Gasteiger partial charge in [0.2, 0.25) is 11.8 Å². The number of carbonyl (C=O) groups is 3. The fourth-order valence-corrected chi connectivity index (χ4v) is 4.18. The first kappa shape index (κ1) is 19.8. The topological polar surface area (TPSA) is 83.7 Å². The molecule has 27 heavy (non-hydrogen) atoms. The Balaban J connectivity index is 1.56. The van der Waals surface area contributed by atoms with Crippen molar-refractivity contribution >= 4 is 29.2 Å². The molecule has 0 bridgehead atoms. The van der Waals surface area contributed by atoms with Crippen molar-refractivity contribution < 1.29 is 14.4 Å². The number of nitrogens with zero attached hydrogens (tertiary/aromatic N) is 2. The van der Waals surface area contributed by atoms with Crippen molar-refractivity contribution in [2.75, 3.05) is 32.7 Å². The summed E-state index contributed by atoms with van der Waals surface area (Å²) in [7, 11) is 0. The lowest BCUT2D eigenvalue weighted by atomic mass is 9.88. The van der Waals surface area contributed by atoms with Gasteiger partial charge in [0.15, 0.2) is 5.78 Å². The second kappa shape index (κ2) is 8.85. The Morgan fingerprint density at radius 3 is 2.30 bits per heavy atom. The molecule has 1 aromatic carbocycles. The highest BCUT2D eigenvalue weighted by atomic mass is 35.5.